The summed E-state index contributed by atoms with van der Waals surface area (Å²) in [7, 11) is 0. The Morgan fingerprint density at radius 2 is 1.81 bits per heavy atom. The van der Waals surface area contributed by atoms with Gasteiger partial charge in [-0.2, -0.15) is 0 Å². The van der Waals surface area contributed by atoms with E-state index >= 15 is 0 Å². The molecule has 0 aromatic heterocycles. The van der Waals surface area contributed by atoms with Gasteiger partial charge in [-0.25, -0.2) is 0 Å². The standard InChI is InChI=1S/C13H13IN2/c14-12-8-11(15)6-7-13(12)16-9-10-4-2-1-3-5-10/h1-8,16H,9,15H2. The SMILES string of the molecule is Nc1ccc(NCc2ccccc2)c(I)c1. The first-order chi connectivity index (χ1) is 7.75. The van der Waals surface area contributed by atoms with Crippen molar-refractivity contribution in [2.75, 3.05) is 11.1 Å². The molecule has 3 N–H and O–H groups in total. The van der Waals surface area contributed by atoms with E-state index in [4.69, 9.17) is 5.73 Å². The van der Waals surface area contributed by atoms with Crippen LogP contribution in [0.4, 0.5) is 11.4 Å². The fourth-order valence-electron chi connectivity index (χ4n) is 1.47. The maximum absolute atomic E-state index is 5.70. The van der Waals surface area contributed by atoms with Crippen LogP contribution in [0.15, 0.2) is 48.5 Å². The number of nitrogens with two attached hydrogens (primary N) is 1. The molecule has 0 atom stereocenters. The lowest BCUT2D eigenvalue weighted by Crippen LogP contribution is -2.01. The predicted octanol–water partition coefficient (Wildman–Crippen LogP) is 3.49. The van der Waals surface area contributed by atoms with E-state index in [1.165, 1.54) is 5.56 Å². The molecular formula is C13H13IN2. The number of nitrogens with one attached hydrogen (secondary N) is 1. The second kappa shape index (κ2) is 5.21. The van der Waals surface area contributed by atoms with Gasteiger partial charge in [0.15, 0.2) is 0 Å². The lowest BCUT2D eigenvalue weighted by Gasteiger charge is -2.09. The second-order valence-corrected chi connectivity index (χ2v) is 4.74. The van der Waals surface area contributed by atoms with Crippen molar-refractivity contribution in [3.05, 3.63) is 57.7 Å². The van der Waals surface area contributed by atoms with Crippen LogP contribution in [0.5, 0.6) is 0 Å². The first-order valence-corrected chi connectivity index (χ1v) is 6.16. The van der Waals surface area contributed by atoms with Crippen LogP contribution in [-0.4, -0.2) is 0 Å². The molecule has 2 aromatic carbocycles. The Labute approximate surface area is 109 Å². The van der Waals surface area contributed by atoms with Crippen LogP contribution in [0, 0.1) is 3.57 Å². The molecule has 0 radical (unpaired) electrons. The van der Waals surface area contributed by atoms with E-state index in [0.717, 1.165) is 21.5 Å². The topological polar surface area (TPSA) is 38.0 Å². The average molecular weight is 324 g/mol. The van der Waals surface area contributed by atoms with E-state index in [1.54, 1.807) is 0 Å². The number of benzene rings is 2. The maximum Gasteiger partial charge on any atom is 0.0480 e. The highest BCUT2D eigenvalue weighted by atomic mass is 127. The second-order valence-electron chi connectivity index (χ2n) is 3.58. The van der Waals surface area contributed by atoms with E-state index in [0.29, 0.717) is 0 Å². The van der Waals surface area contributed by atoms with Gasteiger partial charge in [0.25, 0.3) is 0 Å². The molecule has 2 nitrogen and oxygen atoms in total. The van der Waals surface area contributed by atoms with Gasteiger partial charge in [-0.1, -0.05) is 30.3 Å². The zero-order valence-corrected chi connectivity index (χ0v) is 10.9. The van der Waals surface area contributed by atoms with Crippen LogP contribution < -0.4 is 11.1 Å². The molecule has 3 heteroatoms. The fourth-order valence-corrected chi connectivity index (χ4v) is 2.20. The molecule has 0 aliphatic carbocycles. The Morgan fingerprint density at radius 3 is 2.50 bits per heavy atom. The van der Waals surface area contributed by atoms with Crippen molar-refractivity contribution in [3.8, 4) is 0 Å². The number of halogens is 1. The molecular weight excluding hydrogens is 311 g/mol. The van der Waals surface area contributed by atoms with Crippen LogP contribution in [0.25, 0.3) is 0 Å². The van der Waals surface area contributed by atoms with Gasteiger partial charge in [0.1, 0.15) is 0 Å². The summed E-state index contributed by atoms with van der Waals surface area (Å²) >= 11 is 2.29. The van der Waals surface area contributed by atoms with Gasteiger partial charge in [0.05, 0.1) is 0 Å². The molecule has 0 amide bonds. The molecule has 0 unspecified atom stereocenters. The van der Waals surface area contributed by atoms with Gasteiger partial charge in [-0.15, -0.1) is 0 Å². The van der Waals surface area contributed by atoms with Crippen molar-refractivity contribution >= 4 is 34.0 Å². The molecule has 0 bridgehead atoms. The Balaban J connectivity index is 2.05. The Hall–Kier alpha value is -1.23. The monoisotopic (exact) mass is 324 g/mol. The lowest BCUT2D eigenvalue weighted by atomic mass is 10.2. The molecule has 0 saturated carbocycles. The van der Waals surface area contributed by atoms with Crippen molar-refractivity contribution in [3.63, 3.8) is 0 Å². The first-order valence-electron chi connectivity index (χ1n) is 5.08. The van der Waals surface area contributed by atoms with Crippen molar-refractivity contribution in [1.29, 1.82) is 0 Å². The van der Waals surface area contributed by atoms with Crippen molar-refractivity contribution < 1.29 is 0 Å². The van der Waals surface area contributed by atoms with Gasteiger partial charge < -0.3 is 11.1 Å². The minimum atomic E-state index is 0.801. The van der Waals surface area contributed by atoms with Crippen molar-refractivity contribution in [1.82, 2.24) is 0 Å². The van der Waals surface area contributed by atoms with Crippen LogP contribution in [0.2, 0.25) is 0 Å². The molecule has 0 saturated heterocycles. The van der Waals surface area contributed by atoms with Gasteiger partial charge in [0, 0.05) is 21.5 Å². The van der Waals surface area contributed by atoms with E-state index in [9.17, 15) is 0 Å². The molecule has 0 aliphatic rings. The summed E-state index contributed by atoms with van der Waals surface area (Å²) in [6.45, 7) is 0.834. The summed E-state index contributed by atoms with van der Waals surface area (Å²) in [6.07, 6.45) is 0. The third kappa shape index (κ3) is 2.88. The molecule has 82 valence electrons. The van der Waals surface area contributed by atoms with Crippen molar-refractivity contribution in [2.45, 2.75) is 6.54 Å². The fraction of sp³-hybridized carbons (Fsp3) is 0.0769. The molecule has 0 spiro atoms. The molecule has 16 heavy (non-hydrogen) atoms. The largest absolute Gasteiger partial charge is 0.399 e. The Bertz CT molecular complexity index is 469. The smallest absolute Gasteiger partial charge is 0.0480 e. The average Bonchev–Trinajstić information content (AvgIpc) is 2.29. The maximum atomic E-state index is 5.70. The highest BCUT2D eigenvalue weighted by Gasteiger charge is 1.99. The summed E-state index contributed by atoms with van der Waals surface area (Å²) in [4.78, 5) is 0. The lowest BCUT2D eigenvalue weighted by molar-refractivity contribution is 1.15. The summed E-state index contributed by atoms with van der Waals surface area (Å²) in [6, 6.07) is 16.2. The highest BCUT2D eigenvalue weighted by molar-refractivity contribution is 14.1. The van der Waals surface area contributed by atoms with E-state index in [-0.39, 0.29) is 0 Å². The number of hydrogen-bond donors (Lipinski definition) is 2. The van der Waals surface area contributed by atoms with Crippen LogP contribution in [0.3, 0.4) is 0 Å². The zero-order valence-electron chi connectivity index (χ0n) is 8.78. The van der Waals surface area contributed by atoms with Gasteiger partial charge >= 0.3 is 0 Å². The number of anilines is 2. The third-order valence-electron chi connectivity index (χ3n) is 2.32. The third-order valence-corrected chi connectivity index (χ3v) is 3.21. The van der Waals surface area contributed by atoms with Crippen molar-refractivity contribution in [2.24, 2.45) is 0 Å². The van der Waals surface area contributed by atoms with Gasteiger partial charge in [-0.3, -0.25) is 0 Å². The minimum absolute atomic E-state index is 0.801. The molecule has 0 fully saturated rings. The molecule has 0 aliphatic heterocycles. The highest BCUT2D eigenvalue weighted by Crippen LogP contribution is 2.21. The molecule has 2 rings (SSSR count). The number of rotatable bonds is 3. The van der Waals surface area contributed by atoms with E-state index in [1.807, 2.05) is 36.4 Å². The number of hydrogen-bond acceptors (Lipinski definition) is 2. The van der Waals surface area contributed by atoms with Gasteiger partial charge in [-0.05, 0) is 46.4 Å². The summed E-state index contributed by atoms with van der Waals surface area (Å²) in [5.41, 5.74) is 8.90. The van der Waals surface area contributed by atoms with Crippen LogP contribution >= 0.6 is 22.6 Å². The normalized spacial score (nSPS) is 10.1. The minimum Gasteiger partial charge on any atom is -0.399 e. The van der Waals surface area contributed by atoms with E-state index in [2.05, 4.69) is 40.0 Å². The summed E-state index contributed by atoms with van der Waals surface area (Å²) in [5, 5.41) is 3.39. The zero-order chi connectivity index (χ0) is 11.4. The quantitative estimate of drug-likeness (QED) is 0.670. The molecule has 0 heterocycles. The van der Waals surface area contributed by atoms with Crippen LogP contribution in [-0.2, 0) is 6.54 Å². The Morgan fingerprint density at radius 1 is 1.06 bits per heavy atom. The van der Waals surface area contributed by atoms with Crippen LogP contribution in [0.1, 0.15) is 5.56 Å². The predicted molar refractivity (Wildman–Crippen MR) is 77.3 cm³/mol. The number of nitrogen functional groups attached to an aromatic ring is 1. The molecule has 2 aromatic rings. The first kappa shape index (κ1) is 11.3. The van der Waals surface area contributed by atoms with E-state index < -0.39 is 0 Å². The Kier molecular flexibility index (Phi) is 3.66. The van der Waals surface area contributed by atoms with Gasteiger partial charge in [0.2, 0.25) is 0 Å². The summed E-state index contributed by atoms with van der Waals surface area (Å²) < 4.78 is 1.15. The summed E-state index contributed by atoms with van der Waals surface area (Å²) in [5.74, 6) is 0.